The number of carbonyl (C=O) groups is 1. The van der Waals surface area contributed by atoms with Crippen molar-refractivity contribution in [2.45, 2.75) is 13.8 Å². The summed E-state index contributed by atoms with van der Waals surface area (Å²) in [4.78, 5) is 16.6. The molecule has 1 N–H and O–H groups in total. The summed E-state index contributed by atoms with van der Waals surface area (Å²) in [6, 6.07) is 8.79. The van der Waals surface area contributed by atoms with Gasteiger partial charge in [-0.3, -0.25) is 10.1 Å². The maximum Gasteiger partial charge on any atom is 0.257 e. The van der Waals surface area contributed by atoms with Gasteiger partial charge >= 0.3 is 0 Å². The molecule has 0 aliphatic rings. The van der Waals surface area contributed by atoms with Gasteiger partial charge < -0.3 is 0 Å². The van der Waals surface area contributed by atoms with E-state index >= 15 is 0 Å². The van der Waals surface area contributed by atoms with Crippen molar-refractivity contribution in [1.82, 2.24) is 4.98 Å². The van der Waals surface area contributed by atoms with E-state index in [1.54, 1.807) is 11.4 Å². The van der Waals surface area contributed by atoms with Crippen molar-refractivity contribution in [1.29, 1.82) is 0 Å². The number of thiazole rings is 1. The van der Waals surface area contributed by atoms with Gasteiger partial charge in [0, 0.05) is 16.5 Å². The molecule has 0 fully saturated rings. The molecule has 0 bridgehead atoms. The molecule has 3 aromatic rings. The number of hydrogen-bond acceptors (Lipinski definition) is 3. The van der Waals surface area contributed by atoms with Crippen LogP contribution >= 0.6 is 11.3 Å². The van der Waals surface area contributed by atoms with Gasteiger partial charge in [-0.1, -0.05) is 17.7 Å². The summed E-state index contributed by atoms with van der Waals surface area (Å²) in [7, 11) is 0. The first-order valence-electron chi connectivity index (χ1n) is 7.23. The Morgan fingerprint density at radius 3 is 2.71 bits per heavy atom. The Labute approximate surface area is 142 Å². The number of rotatable bonds is 3. The lowest BCUT2D eigenvalue weighted by atomic mass is 10.1. The SMILES string of the molecule is Cc1ccc(C)c(C(=O)Nc2nc(-c3cc(F)ccc3F)cs2)c1. The summed E-state index contributed by atoms with van der Waals surface area (Å²) in [5.41, 5.74) is 2.74. The molecule has 0 atom stereocenters. The first-order chi connectivity index (χ1) is 11.4. The van der Waals surface area contributed by atoms with Crippen LogP contribution in [0.5, 0.6) is 0 Å². The van der Waals surface area contributed by atoms with Crippen LogP contribution in [0, 0.1) is 25.5 Å². The van der Waals surface area contributed by atoms with Crippen LogP contribution < -0.4 is 5.32 Å². The van der Waals surface area contributed by atoms with Crippen LogP contribution in [-0.4, -0.2) is 10.9 Å². The van der Waals surface area contributed by atoms with E-state index in [2.05, 4.69) is 10.3 Å². The van der Waals surface area contributed by atoms with Gasteiger partial charge in [-0.05, 0) is 43.7 Å². The Morgan fingerprint density at radius 2 is 1.92 bits per heavy atom. The number of benzene rings is 2. The van der Waals surface area contributed by atoms with Gasteiger partial charge in [0.1, 0.15) is 11.6 Å². The van der Waals surface area contributed by atoms with E-state index < -0.39 is 11.6 Å². The molecule has 0 aliphatic heterocycles. The fourth-order valence-corrected chi connectivity index (χ4v) is 3.00. The minimum Gasteiger partial charge on any atom is -0.298 e. The van der Waals surface area contributed by atoms with Gasteiger partial charge in [-0.25, -0.2) is 13.8 Å². The smallest absolute Gasteiger partial charge is 0.257 e. The van der Waals surface area contributed by atoms with Crippen LogP contribution in [0.25, 0.3) is 11.3 Å². The summed E-state index contributed by atoms with van der Waals surface area (Å²) in [6.07, 6.45) is 0. The quantitative estimate of drug-likeness (QED) is 0.730. The summed E-state index contributed by atoms with van der Waals surface area (Å²) in [6.45, 7) is 3.76. The van der Waals surface area contributed by atoms with Crippen LogP contribution in [0.15, 0.2) is 41.8 Å². The van der Waals surface area contributed by atoms with Gasteiger partial charge in [0.15, 0.2) is 5.13 Å². The molecule has 24 heavy (non-hydrogen) atoms. The molecule has 0 saturated heterocycles. The molecule has 0 radical (unpaired) electrons. The van der Waals surface area contributed by atoms with E-state index in [1.807, 2.05) is 26.0 Å². The second kappa shape index (κ2) is 6.49. The summed E-state index contributed by atoms with van der Waals surface area (Å²) >= 11 is 1.16. The molecule has 0 unspecified atom stereocenters. The van der Waals surface area contributed by atoms with Crippen LogP contribution in [0.4, 0.5) is 13.9 Å². The molecule has 2 aromatic carbocycles. The molecule has 1 amide bonds. The van der Waals surface area contributed by atoms with Crippen molar-refractivity contribution in [2.75, 3.05) is 5.32 Å². The molecular formula is C18H14F2N2OS. The summed E-state index contributed by atoms with van der Waals surface area (Å²) < 4.78 is 27.1. The Hall–Kier alpha value is -2.60. The minimum absolute atomic E-state index is 0.0680. The van der Waals surface area contributed by atoms with Crippen LogP contribution in [0.2, 0.25) is 0 Å². The Balaban J connectivity index is 1.85. The van der Waals surface area contributed by atoms with E-state index in [0.717, 1.165) is 40.7 Å². The third-order valence-electron chi connectivity index (χ3n) is 3.57. The molecular weight excluding hydrogens is 330 g/mol. The number of aromatic nitrogens is 1. The average Bonchev–Trinajstić information content (AvgIpc) is 3.00. The average molecular weight is 344 g/mol. The van der Waals surface area contributed by atoms with Crippen molar-refractivity contribution in [3.63, 3.8) is 0 Å². The third kappa shape index (κ3) is 3.33. The second-order valence-electron chi connectivity index (χ2n) is 5.43. The molecule has 3 rings (SSSR count). The number of anilines is 1. The monoisotopic (exact) mass is 344 g/mol. The number of hydrogen-bond donors (Lipinski definition) is 1. The van der Waals surface area contributed by atoms with Crippen molar-refractivity contribution in [3.8, 4) is 11.3 Å². The molecule has 0 aliphatic carbocycles. The fourth-order valence-electron chi connectivity index (χ4n) is 2.29. The van der Waals surface area contributed by atoms with Gasteiger partial charge in [0.05, 0.1) is 5.69 Å². The molecule has 1 aromatic heterocycles. The van der Waals surface area contributed by atoms with Gasteiger partial charge in [0.2, 0.25) is 0 Å². The number of halogens is 2. The summed E-state index contributed by atoms with van der Waals surface area (Å²) in [5, 5.41) is 4.62. The van der Waals surface area contributed by atoms with E-state index in [4.69, 9.17) is 0 Å². The first kappa shape index (κ1) is 16.3. The maximum atomic E-state index is 13.8. The largest absolute Gasteiger partial charge is 0.298 e. The van der Waals surface area contributed by atoms with Crippen molar-refractivity contribution in [2.24, 2.45) is 0 Å². The third-order valence-corrected chi connectivity index (χ3v) is 4.32. The Bertz CT molecular complexity index is 921. The minimum atomic E-state index is -0.561. The predicted octanol–water partition coefficient (Wildman–Crippen LogP) is 4.96. The number of carbonyl (C=O) groups excluding carboxylic acids is 1. The first-order valence-corrected chi connectivity index (χ1v) is 8.11. The lowest BCUT2D eigenvalue weighted by molar-refractivity contribution is 0.102. The van der Waals surface area contributed by atoms with Crippen LogP contribution in [-0.2, 0) is 0 Å². The van der Waals surface area contributed by atoms with Crippen molar-refractivity contribution >= 4 is 22.4 Å². The van der Waals surface area contributed by atoms with Gasteiger partial charge in [-0.15, -0.1) is 11.3 Å². The lowest BCUT2D eigenvalue weighted by Crippen LogP contribution is -2.13. The molecule has 3 nitrogen and oxygen atoms in total. The van der Waals surface area contributed by atoms with Crippen molar-refractivity contribution < 1.29 is 13.6 Å². The molecule has 6 heteroatoms. The highest BCUT2D eigenvalue weighted by atomic mass is 32.1. The van der Waals surface area contributed by atoms with Crippen LogP contribution in [0.1, 0.15) is 21.5 Å². The topological polar surface area (TPSA) is 42.0 Å². The number of amides is 1. The highest BCUT2D eigenvalue weighted by Gasteiger charge is 2.14. The van der Waals surface area contributed by atoms with Crippen molar-refractivity contribution in [3.05, 3.63) is 70.1 Å². The second-order valence-corrected chi connectivity index (χ2v) is 6.29. The highest BCUT2D eigenvalue weighted by Crippen LogP contribution is 2.28. The molecule has 0 saturated carbocycles. The normalized spacial score (nSPS) is 10.7. The van der Waals surface area contributed by atoms with E-state index in [1.165, 1.54) is 0 Å². The van der Waals surface area contributed by atoms with Gasteiger partial charge in [0.25, 0.3) is 5.91 Å². The van der Waals surface area contributed by atoms with E-state index in [0.29, 0.717) is 10.7 Å². The fraction of sp³-hybridized carbons (Fsp3) is 0.111. The van der Waals surface area contributed by atoms with E-state index in [-0.39, 0.29) is 17.2 Å². The molecule has 1 heterocycles. The van der Waals surface area contributed by atoms with Gasteiger partial charge in [-0.2, -0.15) is 0 Å². The number of aryl methyl sites for hydroxylation is 2. The standard InChI is InChI=1S/C18H14F2N2OS/c1-10-3-4-11(2)13(7-10)17(23)22-18-21-16(9-24-18)14-8-12(19)5-6-15(14)20/h3-9H,1-2H3,(H,21,22,23). The zero-order chi connectivity index (χ0) is 17.3. The molecule has 0 spiro atoms. The lowest BCUT2D eigenvalue weighted by Gasteiger charge is -2.06. The number of nitrogens with one attached hydrogen (secondary N) is 1. The van der Waals surface area contributed by atoms with Crippen LogP contribution in [0.3, 0.4) is 0 Å². The predicted molar refractivity (Wildman–Crippen MR) is 91.3 cm³/mol. The Kier molecular flexibility index (Phi) is 4.40. The maximum absolute atomic E-state index is 13.8. The highest BCUT2D eigenvalue weighted by molar-refractivity contribution is 7.14. The zero-order valence-corrected chi connectivity index (χ0v) is 13.9. The zero-order valence-electron chi connectivity index (χ0n) is 13.1. The summed E-state index contributed by atoms with van der Waals surface area (Å²) in [5.74, 6) is -1.38. The molecule has 122 valence electrons. The Morgan fingerprint density at radius 1 is 1.12 bits per heavy atom. The number of nitrogens with zero attached hydrogens (tertiary/aromatic N) is 1. The van der Waals surface area contributed by atoms with E-state index in [9.17, 15) is 13.6 Å².